The first-order chi connectivity index (χ1) is 11.7. The van der Waals surface area contributed by atoms with Crippen molar-refractivity contribution in [2.24, 2.45) is 0 Å². The van der Waals surface area contributed by atoms with E-state index in [0.717, 1.165) is 48.9 Å². The number of aryl methyl sites for hydroxylation is 2. The molecule has 0 radical (unpaired) electrons. The van der Waals surface area contributed by atoms with Crippen LogP contribution in [0.15, 0.2) is 42.6 Å². The number of benzene rings is 1. The van der Waals surface area contributed by atoms with Gasteiger partial charge < -0.3 is 15.0 Å². The van der Waals surface area contributed by atoms with Crippen LogP contribution in [0.5, 0.6) is 0 Å². The summed E-state index contributed by atoms with van der Waals surface area (Å²) in [6.07, 6.45) is 2.98. The van der Waals surface area contributed by atoms with Crippen molar-refractivity contribution in [3.63, 3.8) is 0 Å². The Kier molecular flexibility index (Phi) is 5.43. The maximum Gasteiger partial charge on any atom is 0.224 e. The fourth-order valence-electron chi connectivity index (χ4n) is 2.79. The van der Waals surface area contributed by atoms with Crippen LogP contribution in [0.4, 0.5) is 11.5 Å². The van der Waals surface area contributed by atoms with Crippen molar-refractivity contribution in [2.75, 3.05) is 36.5 Å². The van der Waals surface area contributed by atoms with E-state index in [-0.39, 0.29) is 5.91 Å². The van der Waals surface area contributed by atoms with Gasteiger partial charge in [-0.3, -0.25) is 4.79 Å². The molecule has 2 heterocycles. The molecule has 1 aliphatic heterocycles. The second kappa shape index (κ2) is 7.93. The molecule has 1 aromatic carbocycles. The van der Waals surface area contributed by atoms with E-state index in [9.17, 15) is 4.79 Å². The summed E-state index contributed by atoms with van der Waals surface area (Å²) in [5.41, 5.74) is 3.12. The Morgan fingerprint density at radius 1 is 1.25 bits per heavy atom. The second-order valence-corrected chi connectivity index (χ2v) is 6.04. The van der Waals surface area contributed by atoms with E-state index in [2.05, 4.69) is 21.3 Å². The number of morpholine rings is 1. The predicted octanol–water partition coefficient (Wildman–Crippen LogP) is 2.80. The van der Waals surface area contributed by atoms with E-state index in [1.165, 1.54) is 0 Å². The first kappa shape index (κ1) is 16.5. The number of nitrogens with zero attached hydrogens (tertiary/aromatic N) is 2. The number of aromatic nitrogens is 1. The lowest BCUT2D eigenvalue weighted by molar-refractivity contribution is -0.116. The van der Waals surface area contributed by atoms with Crippen LogP contribution >= 0.6 is 0 Å². The number of amides is 1. The molecule has 0 atom stereocenters. The van der Waals surface area contributed by atoms with E-state index in [0.29, 0.717) is 12.8 Å². The Morgan fingerprint density at radius 2 is 2.08 bits per heavy atom. The van der Waals surface area contributed by atoms with Crippen LogP contribution < -0.4 is 10.2 Å². The highest BCUT2D eigenvalue weighted by Crippen LogP contribution is 2.16. The molecule has 1 amide bonds. The van der Waals surface area contributed by atoms with Crippen LogP contribution in [0.1, 0.15) is 17.5 Å². The Labute approximate surface area is 142 Å². The topological polar surface area (TPSA) is 54.5 Å². The van der Waals surface area contributed by atoms with Crippen molar-refractivity contribution in [1.82, 2.24) is 4.98 Å². The average Bonchev–Trinajstić information content (AvgIpc) is 2.61. The molecule has 5 nitrogen and oxygen atoms in total. The van der Waals surface area contributed by atoms with Gasteiger partial charge in [-0.2, -0.15) is 0 Å². The summed E-state index contributed by atoms with van der Waals surface area (Å²) < 4.78 is 5.37. The summed E-state index contributed by atoms with van der Waals surface area (Å²) in [7, 11) is 0. The van der Waals surface area contributed by atoms with Gasteiger partial charge in [0, 0.05) is 31.4 Å². The summed E-state index contributed by atoms with van der Waals surface area (Å²) in [4.78, 5) is 18.8. The van der Waals surface area contributed by atoms with Gasteiger partial charge in [-0.1, -0.05) is 12.1 Å². The number of ether oxygens (including phenoxy) is 1. The minimum Gasteiger partial charge on any atom is -0.378 e. The Bertz CT molecular complexity index is 697. The van der Waals surface area contributed by atoms with Crippen LogP contribution in [0.25, 0.3) is 0 Å². The lowest BCUT2D eigenvalue weighted by atomic mass is 10.1. The summed E-state index contributed by atoms with van der Waals surface area (Å²) in [6, 6.07) is 11.9. The highest BCUT2D eigenvalue weighted by molar-refractivity contribution is 5.90. The van der Waals surface area contributed by atoms with Gasteiger partial charge in [-0.05, 0) is 48.7 Å². The molecule has 1 N–H and O–H groups in total. The molecule has 0 bridgehead atoms. The number of hydrogen-bond acceptors (Lipinski definition) is 4. The largest absolute Gasteiger partial charge is 0.378 e. The summed E-state index contributed by atoms with van der Waals surface area (Å²) >= 11 is 0. The van der Waals surface area contributed by atoms with E-state index in [4.69, 9.17) is 4.74 Å². The Balaban J connectivity index is 1.55. The highest BCUT2D eigenvalue weighted by atomic mass is 16.5. The number of pyridine rings is 1. The number of carbonyl (C=O) groups is 1. The quantitative estimate of drug-likeness (QED) is 0.918. The maximum atomic E-state index is 12.1. The monoisotopic (exact) mass is 325 g/mol. The minimum absolute atomic E-state index is 0.0327. The van der Waals surface area contributed by atoms with E-state index >= 15 is 0 Å². The van der Waals surface area contributed by atoms with E-state index in [1.54, 1.807) is 0 Å². The molecule has 0 aliphatic carbocycles. The number of rotatable bonds is 5. The molecule has 1 fully saturated rings. The van der Waals surface area contributed by atoms with Crippen molar-refractivity contribution < 1.29 is 9.53 Å². The molecule has 2 aromatic rings. The molecule has 1 aliphatic rings. The van der Waals surface area contributed by atoms with Gasteiger partial charge in [-0.15, -0.1) is 0 Å². The molecule has 5 heteroatoms. The molecule has 1 saturated heterocycles. The molecule has 0 saturated carbocycles. The van der Waals surface area contributed by atoms with Crippen molar-refractivity contribution in [2.45, 2.75) is 19.8 Å². The SMILES string of the molecule is Cc1cccc(NC(=O)CCc2ccnc(N3CCOCC3)c2)c1. The lowest BCUT2D eigenvalue weighted by Gasteiger charge is -2.28. The molecule has 0 spiro atoms. The summed E-state index contributed by atoms with van der Waals surface area (Å²) in [6.45, 7) is 5.23. The average molecular weight is 325 g/mol. The van der Waals surface area contributed by atoms with Gasteiger partial charge >= 0.3 is 0 Å². The van der Waals surface area contributed by atoms with E-state index < -0.39 is 0 Å². The number of nitrogens with one attached hydrogen (secondary N) is 1. The molecular weight excluding hydrogens is 302 g/mol. The van der Waals surface area contributed by atoms with Gasteiger partial charge in [0.25, 0.3) is 0 Å². The summed E-state index contributed by atoms with van der Waals surface area (Å²) in [5.74, 6) is 1.00. The highest BCUT2D eigenvalue weighted by Gasteiger charge is 2.13. The van der Waals surface area contributed by atoms with Crippen molar-refractivity contribution in [3.05, 3.63) is 53.7 Å². The van der Waals surface area contributed by atoms with Crippen LogP contribution in [0, 0.1) is 6.92 Å². The van der Waals surface area contributed by atoms with Crippen molar-refractivity contribution in [1.29, 1.82) is 0 Å². The standard InChI is InChI=1S/C19H23N3O2/c1-15-3-2-4-17(13-15)21-19(23)6-5-16-7-8-20-18(14-16)22-9-11-24-12-10-22/h2-4,7-8,13-14H,5-6,9-12H2,1H3,(H,21,23). The maximum absolute atomic E-state index is 12.1. The molecule has 1 aromatic heterocycles. The van der Waals surface area contributed by atoms with Crippen LogP contribution in [0.3, 0.4) is 0 Å². The number of carbonyl (C=O) groups excluding carboxylic acids is 1. The van der Waals surface area contributed by atoms with E-state index in [1.807, 2.05) is 43.5 Å². The molecule has 24 heavy (non-hydrogen) atoms. The van der Waals surface area contributed by atoms with Crippen LogP contribution in [-0.4, -0.2) is 37.2 Å². The van der Waals surface area contributed by atoms with Crippen molar-refractivity contribution in [3.8, 4) is 0 Å². The number of anilines is 2. The van der Waals surface area contributed by atoms with Gasteiger partial charge in [0.1, 0.15) is 5.82 Å². The Morgan fingerprint density at radius 3 is 2.88 bits per heavy atom. The smallest absolute Gasteiger partial charge is 0.224 e. The zero-order valence-electron chi connectivity index (χ0n) is 14.0. The first-order valence-corrected chi connectivity index (χ1v) is 8.35. The second-order valence-electron chi connectivity index (χ2n) is 6.04. The van der Waals surface area contributed by atoms with Crippen molar-refractivity contribution >= 4 is 17.4 Å². The lowest BCUT2D eigenvalue weighted by Crippen LogP contribution is -2.36. The minimum atomic E-state index is 0.0327. The third-order valence-corrected chi connectivity index (χ3v) is 4.09. The fraction of sp³-hybridized carbons (Fsp3) is 0.368. The van der Waals surface area contributed by atoms with Gasteiger partial charge in [0.05, 0.1) is 13.2 Å². The molecule has 3 rings (SSSR count). The van der Waals surface area contributed by atoms with Gasteiger partial charge in [-0.25, -0.2) is 4.98 Å². The third-order valence-electron chi connectivity index (χ3n) is 4.09. The normalized spacial score (nSPS) is 14.5. The first-order valence-electron chi connectivity index (χ1n) is 8.35. The molecular formula is C19H23N3O2. The number of hydrogen-bond donors (Lipinski definition) is 1. The zero-order valence-corrected chi connectivity index (χ0v) is 14.0. The van der Waals surface area contributed by atoms with Crippen LogP contribution in [0.2, 0.25) is 0 Å². The predicted molar refractivity (Wildman–Crippen MR) is 95.4 cm³/mol. The van der Waals surface area contributed by atoms with Gasteiger partial charge in [0.15, 0.2) is 0 Å². The molecule has 126 valence electrons. The third kappa shape index (κ3) is 4.55. The zero-order chi connectivity index (χ0) is 16.8. The fourth-order valence-corrected chi connectivity index (χ4v) is 2.79. The Hall–Kier alpha value is -2.40. The summed E-state index contributed by atoms with van der Waals surface area (Å²) in [5, 5.41) is 2.95. The van der Waals surface area contributed by atoms with Gasteiger partial charge in [0.2, 0.25) is 5.91 Å². The molecule has 0 unspecified atom stereocenters. The van der Waals surface area contributed by atoms with Crippen LogP contribution in [-0.2, 0) is 16.0 Å².